The predicted octanol–water partition coefficient (Wildman–Crippen LogP) is -0.862. The maximum absolute atomic E-state index is 5.84. The van der Waals surface area contributed by atoms with Gasteiger partial charge in [0.05, 0.1) is 5.65 Å². The van der Waals surface area contributed by atoms with E-state index < -0.39 is 0 Å². The predicted molar refractivity (Wildman–Crippen MR) is 63.6 cm³/mol. The second-order valence-corrected chi connectivity index (χ2v) is 3.91. The molecule has 4 rings (SSSR count). The number of nitrogens with zero attached hydrogens (tertiary/aromatic N) is 6. The van der Waals surface area contributed by atoms with E-state index in [1.165, 1.54) is 0 Å². The van der Waals surface area contributed by atoms with Gasteiger partial charge < -0.3 is 16.5 Å². The van der Waals surface area contributed by atoms with Crippen LogP contribution in [0.3, 0.4) is 0 Å². The quantitative estimate of drug-likeness (QED) is 0.386. The molecule has 3 aromatic heterocycles. The lowest BCUT2D eigenvalue weighted by atomic mass is 10.3. The number of hydrogen-bond acceptors (Lipinski definition) is 5. The van der Waals surface area contributed by atoms with Gasteiger partial charge in [-0.2, -0.15) is 5.10 Å². The molecule has 3 heterocycles. The number of nitrogen functional groups attached to an aromatic ring is 2. The summed E-state index contributed by atoms with van der Waals surface area (Å²) in [5.74, 6) is 0.367. The zero-order chi connectivity index (χ0) is 12.3. The molecule has 18 heavy (non-hydrogen) atoms. The zero-order valence-corrected chi connectivity index (χ0v) is 9.15. The van der Waals surface area contributed by atoms with E-state index in [4.69, 9.17) is 11.5 Å². The highest BCUT2D eigenvalue weighted by molar-refractivity contribution is 5.82. The van der Waals surface area contributed by atoms with Crippen molar-refractivity contribution in [1.82, 2.24) is 24.8 Å². The van der Waals surface area contributed by atoms with Crippen molar-refractivity contribution in [1.29, 1.82) is 0 Å². The summed E-state index contributed by atoms with van der Waals surface area (Å²) in [5.41, 5.74) is 14.1. The van der Waals surface area contributed by atoms with Crippen LogP contribution in [-0.4, -0.2) is 19.7 Å². The molecule has 0 atom stereocenters. The Morgan fingerprint density at radius 1 is 1.17 bits per heavy atom. The zero-order valence-electron chi connectivity index (χ0n) is 9.15. The molecular weight excluding hydrogens is 232 g/mol. The Labute approximate surface area is 99.8 Å². The average molecular weight is 240 g/mol. The molecule has 0 aliphatic carbocycles. The van der Waals surface area contributed by atoms with E-state index in [0.29, 0.717) is 11.2 Å². The van der Waals surface area contributed by atoms with Crippen molar-refractivity contribution >= 4 is 34.0 Å². The van der Waals surface area contributed by atoms with Gasteiger partial charge in [-0.3, -0.25) is 0 Å². The molecule has 0 radical (unpaired) electrons. The normalized spacial score (nSPS) is 11.8. The monoisotopic (exact) mass is 240 g/mol. The number of hydrogen-bond donors (Lipinski definition) is 2. The van der Waals surface area contributed by atoms with Crippen LogP contribution in [0.4, 0.5) is 11.8 Å². The maximum Gasteiger partial charge on any atom is 0.235 e. The molecule has 0 spiro atoms. The summed E-state index contributed by atoms with van der Waals surface area (Å²) < 4.78 is 3.21. The van der Waals surface area contributed by atoms with Crippen LogP contribution in [0.1, 0.15) is 0 Å². The first kappa shape index (κ1) is 9.16. The summed E-state index contributed by atoms with van der Waals surface area (Å²) in [7, 11) is 0. The third kappa shape index (κ3) is 0.986. The molecule has 88 valence electrons. The molecule has 0 fully saturated rings. The molecule has 4 N–H and O–H groups in total. The van der Waals surface area contributed by atoms with Gasteiger partial charge in [0.1, 0.15) is 17.3 Å². The van der Waals surface area contributed by atoms with E-state index in [-0.39, 0.29) is 11.8 Å². The summed E-state index contributed by atoms with van der Waals surface area (Å²) in [6.07, 6.45) is 0. The number of aromatic nitrogens is 6. The van der Waals surface area contributed by atoms with Crippen LogP contribution < -0.4 is 21.2 Å². The Bertz CT molecular complexity index is 902. The lowest BCUT2D eigenvalue weighted by molar-refractivity contribution is -0.654. The summed E-state index contributed by atoms with van der Waals surface area (Å²) in [6, 6.07) is 7.65. The Hall–Kier alpha value is -2.90. The van der Waals surface area contributed by atoms with Gasteiger partial charge in [-0.25, -0.2) is 4.98 Å². The molecule has 0 saturated heterocycles. The second kappa shape index (κ2) is 2.86. The number of anilines is 2. The van der Waals surface area contributed by atoms with E-state index >= 15 is 0 Å². The minimum absolute atomic E-state index is 0.102. The SMILES string of the molecule is Nc1nc(N)c2c(n1)[n-][n+]1c3ccccc3nn21. The Balaban J connectivity index is 2.31. The Morgan fingerprint density at radius 2 is 2.00 bits per heavy atom. The largest absolute Gasteiger partial charge is 0.383 e. The van der Waals surface area contributed by atoms with Gasteiger partial charge in [-0.1, -0.05) is 16.8 Å². The van der Waals surface area contributed by atoms with Crippen molar-refractivity contribution in [3.05, 3.63) is 24.3 Å². The average Bonchev–Trinajstić information content (AvgIpc) is 2.83. The van der Waals surface area contributed by atoms with Gasteiger partial charge in [0.15, 0.2) is 0 Å². The van der Waals surface area contributed by atoms with Crippen LogP contribution in [0.5, 0.6) is 0 Å². The first-order valence-corrected chi connectivity index (χ1v) is 5.29. The molecular formula is C10H8N8. The molecule has 0 aliphatic heterocycles. The standard InChI is InChI=1S/C10H8N8/c11-8-7-9(14-10(12)13-8)16-17-6-4-2-1-3-5(6)15-18(7)17/h1-4H,(H4,11,12,13,14). The minimum atomic E-state index is 0.102. The van der Waals surface area contributed by atoms with Crippen molar-refractivity contribution in [3.63, 3.8) is 0 Å². The molecule has 0 aliphatic rings. The van der Waals surface area contributed by atoms with Gasteiger partial charge in [0.25, 0.3) is 0 Å². The second-order valence-electron chi connectivity index (χ2n) is 3.91. The molecule has 0 amide bonds. The highest BCUT2D eigenvalue weighted by atomic mass is 15.6. The Morgan fingerprint density at radius 3 is 2.89 bits per heavy atom. The molecule has 0 unspecified atom stereocenters. The minimum Gasteiger partial charge on any atom is -0.383 e. The lowest BCUT2D eigenvalue weighted by Crippen LogP contribution is -2.30. The first-order valence-electron chi connectivity index (χ1n) is 5.29. The van der Waals surface area contributed by atoms with Gasteiger partial charge in [0.2, 0.25) is 11.0 Å². The molecule has 1 aromatic carbocycles. The lowest BCUT2D eigenvalue weighted by Gasteiger charge is -1.99. The van der Waals surface area contributed by atoms with Gasteiger partial charge >= 0.3 is 0 Å². The number of fused-ring (bicyclic) bond motifs is 5. The molecule has 8 nitrogen and oxygen atoms in total. The molecule has 0 saturated carbocycles. The van der Waals surface area contributed by atoms with Crippen LogP contribution in [0.2, 0.25) is 0 Å². The van der Waals surface area contributed by atoms with Crippen LogP contribution in [0, 0.1) is 0 Å². The summed E-state index contributed by atoms with van der Waals surface area (Å²) >= 11 is 0. The van der Waals surface area contributed by atoms with E-state index in [9.17, 15) is 0 Å². The highest BCUT2D eigenvalue weighted by Crippen LogP contribution is 2.15. The van der Waals surface area contributed by atoms with E-state index in [1.54, 1.807) is 9.26 Å². The fraction of sp³-hybridized carbons (Fsp3) is 0. The van der Waals surface area contributed by atoms with Crippen molar-refractivity contribution in [3.8, 4) is 0 Å². The van der Waals surface area contributed by atoms with Crippen LogP contribution in [0.25, 0.3) is 22.2 Å². The van der Waals surface area contributed by atoms with Crippen LogP contribution in [-0.2, 0) is 0 Å². The highest BCUT2D eigenvalue weighted by Gasteiger charge is 2.15. The third-order valence-corrected chi connectivity index (χ3v) is 2.78. The van der Waals surface area contributed by atoms with Crippen LogP contribution in [0.15, 0.2) is 24.3 Å². The maximum atomic E-state index is 5.84. The number of rotatable bonds is 0. The van der Waals surface area contributed by atoms with Crippen molar-refractivity contribution in [2.45, 2.75) is 0 Å². The van der Waals surface area contributed by atoms with Crippen molar-refractivity contribution in [2.24, 2.45) is 0 Å². The van der Waals surface area contributed by atoms with Gasteiger partial charge in [0, 0.05) is 0 Å². The van der Waals surface area contributed by atoms with E-state index in [0.717, 1.165) is 11.0 Å². The first-order chi connectivity index (χ1) is 8.74. The summed E-state index contributed by atoms with van der Waals surface area (Å²) in [6.45, 7) is 0. The Kier molecular flexibility index (Phi) is 1.45. The molecule has 0 bridgehead atoms. The molecule has 8 heteroatoms. The fourth-order valence-electron chi connectivity index (χ4n) is 2.03. The smallest absolute Gasteiger partial charge is 0.235 e. The number of benzene rings is 1. The third-order valence-electron chi connectivity index (χ3n) is 2.78. The van der Waals surface area contributed by atoms with Gasteiger partial charge in [-0.05, 0) is 17.2 Å². The van der Waals surface area contributed by atoms with E-state index in [2.05, 4.69) is 20.2 Å². The van der Waals surface area contributed by atoms with Crippen LogP contribution >= 0.6 is 0 Å². The topological polar surface area (TPSA) is 113 Å². The van der Waals surface area contributed by atoms with Gasteiger partial charge in [-0.15, -0.1) is 4.63 Å². The number of nitrogens with two attached hydrogens (primary N) is 2. The fourth-order valence-corrected chi connectivity index (χ4v) is 2.03. The summed E-state index contributed by atoms with van der Waals surface area (Å²) in [5, 5.41) is 8.74. The van der Waals surface area contributed by atoms with Crippen molar-refractivity contribution in [2.75, 3.05) is 11.5 Å². The van der Waals surface area contributed by atoms with E-state index in [1.807, 2.05) is 24.3 Å². The summed E-state index contributed by atoms with van der Waals surface area (Å²) in [4.78, 5) is 7.97. The molecule has 4 aromatic rings. The van der Waals surface area contributed by atoms with Crippen molar-refractivity contribution < 1.29 is 4.63 Å². The number of para-hydroxylation sites is 1.